The van der Waals surface area contributed by atoms with Gasteiger partial charge < -0.3 is 24.3 Å². The molecular formula is C41H52N6O4Si. The van der Waals surface area contributed by atoms with Gasteiger partial charge in [-0.1, -0.05) is 62.1 Å². The van der Waals surface area contributed by atoms with Crippen LogP contribution in [0.25, 0.3) is 44.3 Å². The summed E-state index contributed by atoms with van der Waals surface area (Å²) in [6, 6.07) is 19.0. The number of aromatic amines is 2. The van der Waals surface area contributed by atoms with Crippen molar-refractivity contribution in [1.29, 1.82) is 0 Å². The van der Waals surface area contributed by atoms with Crippen molar-refractivity contribution >= 4 is 42.1 Å². The summed E-state index contributed by atoms with van der Waals surface area (Å²) in [7, 11) is -1.66. The molecule has 274 valence electrons. The Morgan fingerprint density at radius 2 is 1.58 bits per heavy atom. The second kappa shape index (κ2) is 12.8. The highest BCUT2D eigenvalue weighted by Crippen LogP contribution is 2.53. The van der Waals surface area contributed by atoms with Crippen LogP contribution in [0.15, 0.2) is 60.8 Å². The first-order valence-corrected chi connectivity index (χ1v) is 22.1. The summed E-state index contributed by atoms with van der Waals surface area (Å²) < 4.78 is 11.6. The van der Waals surface area contributed by atoms with Gasteiger partial charge >= 0.3 is 12.2 Å². The van der Waals surface area contributed by atoms with Gasteiger partial charge in [0.25, 0.3) is 0 Å². The Hall–Kier alpha value is -4.64. The van der Waals surface area contributed by atoms with Gasteiger partial charge in [0.2, 0.25) is 0 Å². The minimum atomic E-state index is -1.66. The van der Waals surface area contributed by atoms with Crippen molar-refractivity contribution in [2.45, 2.75) is 110 Å². The minimum absolute atomic E-state index is 0.0499. The van der Waals surface area contributed by atoms with E-state index in [9.17, 15) is 9.59 Å². The van der Waals surface area contributed by atoms with Crippen LogP contribution in [-0.4, -0.2) is 73.4 Å². The number of carbonyl (C=O) groups is 2. The SMILES string of the molecule is CC(c1nc2c(ccc3cc(-c4ccc(-c5ncc(C6CC7CC7N6C(=O)OC(C)(C)C)[nH]5)cc4)ccc32)[nH]1)N(C[Si](C)(C)C)C(=O)OC(C)(C)C. The number of likely N-dealkylation sites (tertiary alicyclic amines) is 1. The number of nitrogens with zero attached hydrogens (tertiary/aromatic N) is 4. The normalized spacial score (nSPS) is 19.5. The zero-order valence-corrected chi connectivity index (χ0v) is 33.1. The highest BCUT2D eigenvalue weighted by atomic mass is 28.3. The van der Waals surface area contributed by atoms with E-state index < -0.39 is 19.3 Å². The Kier molecular flexibility index (Phi) is 8.79. The topological polar surface area (TPSA) is 116 Å². The molecule has 3 aromatic carbocycles. The lowest BCUT2D eigenvalue weighted by Gasteiger charge is -2.34. The Morgan fingerprint density at radius 1 is 0.904 bits per heavy atom. The van der Waals surface area contributed by atoms with E-state index in [0.717, 1.165) is 68.7 Å². The van der Waals surface area contributed by atoms with Gasteiger partial charge in [-0.05, 0) is 95.9 Å². The maximum Gasteiger partial charge on any atom is 0.411 e. The second-order valence-corrected chi connectivity index (χ2v) is 23.3. The number of rotatable bonds is 7. The first kappa shape index (κ1) is 35.7. The number of benzene rings is 3. The fourth-order valence-electron chi connectivity index (χ4n) is 7.32. The van der Waals surface area contributed by atoms with Gasteiger partial charge in [-0.25, -0.2) is 19.6 Å². The summed E-state index contributed by atoms with van der Waals surface area (Å²) in [5, 5.41) is 2.14. The molecule has 10 nitrogen and oxygen atoms in total. The highest BCUT2D eigenvalue weighted by molar-refractivity contribution is 6.76. The zero-order valence-electron chi connectivity index (χ0n) is 32.1. The first-order chi connectivity index (χ1) is 24.3. The van der Waals surface area contributed by atoms with Crippen LogP contribution in [0, 0.1) is 5.92 Å². The van der Waals surface area contributed by atoms with E-state index in [4.69, 9.17) is 19.4 Å². The minimum Gasteiger partial charge on any atom is -0.444 e. The number of imidazole rings is 2. The maximum absolute atomic E-state index is 13.4. The number of H-pyrrole nitrogens is 2. The number of amides is 2. The van der Waals surface area contributed by atoms with Crippen LogP contribution < -0.4 is 0 Å². The Morgan fingerprint density at radius 3 is 2.25 bits per heavy atom. The summed E-state index contributed by atoms with van der Waals surface area (Å²) >= 11 is 0. The van der Waals surface area contributed by atoms with Crippen LogP contribution in [-0.2, 0) is 9.47 Å². The van der Waals surface area contributed by atoms with Crippen molar-refractivity contribution in [1.82, 2.24) is 29.7 Å². The first-order valence-electron chi connectivity index (χ1n) is 18.4. The largest absolute Gasteiger partial charge is 0.444 e. The van der Waals surface area contributed by atoms with Gasteiger partial charge in [-0.15, -0.1) is 0 Å². The van der Waals surface area contributed by atoms with Gasteiger partial charge in [-0.3, -0.25) is 4.90 Å². The smallest absolute Gasteiger partial charge is 0.411 e. The summed E-state index contributed by atoms with van der Waals surface area (Å²) in [4.78, 5) is 47.0. The van der Waals surface area contributed by atoms with Gasteiger partial charge in [0.05, 0.1) is 43.1 Å². The molecular weight excluding hydrogens is 669 g/mol. The Labute approximate surface area is 307 Å². The zero-order chi connectivity index (χ0) is 37.3. The second-order valence-electron chi connectivity index (χ2n) is 17.8. The molecule has 0 radical (unpaired) electrons. The molecule has 1 saturated carbocycles. The summed E-state index contributed by atoms with van der Waals surface area (Å²) in [5.41, 5.74) is 4.84. The number of hydrogen-bond donors (Lipinski definition) is 2. The molecule has 1 aliphatic carbocycles. The van der Waals surface area contributed by atoms with Gasteiger partial charge in [0.1, 0.15) is 22.9 Å². The summed E-state index contributed by atoms with van der Waals surface area (Å²) in [5.74, 6) is 2.06. The maximum atomic E-state index is 13.4. The fraction of sp³-hybridized carbons (Fsp3) is 0.463. The molecule has 2 aromatic heterocycles. The van der Waals surface area contributed by atoms with E-state index in [2.05, 4.69) is 84.2 Å². The summed E-state index contributed by atoms with van der Waals surface area (Å²) in [6.45, 7) is 20.2. The number of nitrogens with one attached hydrogen (secondary N) is 2. The van der Waals surface area contributed by atoms with Gasteiger partial charge in [0, 0.05) is 23.2 Å². The number of hydrogen-bond acceptors (Lipinski definition) is 6. The van der Waals surface area contributed by atoms with Gasteiger partial charge in [0.15, 0.2) is 0 Å². The predicted octanol–water partition coefficient (Wildman–Crippen LogP) is 10.0. The third kappa shape index (κ3) is 7.46. The Balaban J connectivity index is 1.10. The van der Waals surface area contributed by atoms with Crippen LogP contribution in [0.3, 0.4) is 0 Å². The number of aromatic nitrogens is 4. The van der Waals surface area contributed by atoms with Crippen LogP contribution in [0.5, 0.6) is 0 Å². The molecule has 2 N–H and O–H groups in total. The molecule has 1 saturated heterocycles. The van der Waals surface area contributed by atoms with Crippen molar-refractivity contribution < 1.29 is 19.1 Å². The van der Waals surface area contributed by atoms with Gasteiger partial charge in [-0.2, -0.15) is 0 Å². The van der Waals surface area contributed by atoms with E-state index in [1.54, 1.807) is 0 Å². The lowest BCUT2D eigenvalue weighted by molar-refractivity contribution is 0.0175. The van der Waals surface area contributed by atoms with Crippen molar-refractivity contribution in [2.75, 3.05) is 6.17 Å². The molecule has 0 bridgehead atoms. The average molecular weight is 721 g/mol. The molecule has 2 fully saturated rings. The van der Waals surface area contributed by atoms with Crippen LogP contribution in [0.2, 0.25) is 19.6 Å². The monoisotopic (exact) mass is 720 g/mol. The fourth-order valence-corrected chi connectivity index (χ4v) is 8.75. The molecule has 52 heavy (non-hydrogen) atoms. The summed E-state index contributed by atoms with van der Waals surface area (Å²) in [6.07, 6.45) is 3.95. The van der Waals surface area contributed by atoms with E-state index in [1.165, 1.54) is 0 Å². The molecule has 4 unspecified atom stereocenters. The Bertz CT molecular complexity index is 2130. The lowest BCUT2D eigenvalue weighted by Crippen LogP contribution is -2.47. The highest BCUT2D eigenvalue weighted by Gasteiger charge is 2.55. The molecule has 5 aromatic rings. The predicted molar refractivity (Wildman–Crippen MR) is 209 cm³/mol. The van der Waals surface area contributed by atoms with Crippen molar-refractivity contribution in [3.8, 4) is 22.5 Å². The molecule has 4 atom stereocenters. The lowest BCUT2D eigenvalue weighted by atomic mass is 9.99. The molecule has 2 aliphatic rings. The molecule has 1 aliphatic heterocycles. The van der Waals surface area contributed by atoms with Crippen molar-refractivity contribution in [3.63, 3.8) is 0 Å². The van der Waals surface area contributed by atoms with Crippen molar-refractivity contribution in [2.24, 2.45) is 5.92 Å². The molecule has 7 rings (SSSR count). The number of carbonyl (C=O) groups excluding carboxylic acids is 2. The van der Waals surface area contributed by atoms with E-state index in [1.807, 2.05) is 64.5 Å². The number of ether oxygens (including phenoxy) is 2. The van der Waals surface area contributed by atoms with Crippen LogP contribution in [0.4, 0.5) is 9.59 Å². The van der Waals surface area contributed by atoms with E-state index >= 15 is 0 Å². The third-order valence-electron chi connectivity index (χ3n) is 9.78. The van der Waals surface area contributed by atoms with Crippen LogP contribution >= 0.6 is 0 Å². The van der Waals surface area contributed by atoms with E-state index in [0.29, 0.717) is 12.1 Å². The van der Waals surface area contributed by atoms with Crippen LogP contribution in [0.1, 0.15) is 84.9 Å². The average Bonchev–Trinajstić information content (AvgIpc) is 3.39. The third-order valence-corrected chi connectivity index (χ3v) is 11.1. The molecule has 0 spiro atoms. The molecule has 3 heterocycles. The number of fused-ring (bicyclic) bond motifs is 4. The standard InChI is InChI=1S/C41H52N6O4Si/c1-24(46(23-52(8,9)10)38(48)50-40(2,3)4)36-43-31-18-16-28-19-27(15-17-30(28)35(31)45-36)25-11-13-26(14-12-25)37-42-22-32(44-37)34-21-29-20-33(29)47(34)39(49)51-41(5,6)7/h11-19,22,24,29,33-34H,20-21,23H2,1-10H3,(H,42,44)(H,43,45). The number of piperidine rings is 1. The quantitative estimate of drug-likeness (QED) is 0.162. The van der Waals surface area contributed by atoms with Crippen molar-refractivity contribution in [3.05, 3.63) is 72.3 Å². The van der Waals surface area contributed by atoms with E-state index in [-0.39, 0.29) is 30.3 Å². The molecule has 11 heteroatoms. The molecule has 2 amide bonds.